The van der Waals surface area contributed by atoms with Gasteiger partial charge in [-0.05, 0) is 64.5 Å². The quantitative estimate of drug-likeness (QED) is 0.0139. The number of carbonyl (C=O) groups excluding carboxylic acids is 2. The van der Waals surface area contributed by atoms with Gasteiger partial charge in [-0.2, -0.15) is 5.10 Å². The molecule has 14 heteroatoms. The number of halogens is 2. The predicted octanol–water partition coefficient (Wildman–Crippen LogP) is 10.7. The average molecular weight is 874 g/mol. The number of fused-ring (bicyclic) bond motifs is 2. The number of hydrogen-bond acceptors (Lipinski definition) is 12. The summed E-state index contributed by atoms with van der Waals surface area (Å²) in [5.41, 5.74) is 4.32. The van der Waals surface area contributed by atoms with E-state index < -0.39 is 17.8 Å². The normalized spacial score (nSPS) is 11.2. The fourth-order valence-corrected chi connectivity index (χ4v) is 7.30. The number of esters is 2. The number of aromatic nitrogens is 1. The second-order valence-corrected chi connectivity index (χ2v) is 14.9. The Morgan fingerprint density at radius 2 is 1.60 bits per heavy atom. The number of hydrazone groups is 1. The first-order valence-electron chi connectivity index (χ1n) is 19.5. The summed E-state index contributed by atoms with van der Waals surface area (Å²) in [6.07, 6.45) is 2.90. The Bertz CT molecular complexity index is 2660. The highest BCUT2D eigenvalue weighted by Crippen LogP contribution is 2.36. The molecule has 0 aliphatic rings. The molecule has 316 valence electrons. The van der Waals surface area contributed by atoms with Gasteiger partial charge in [-0.25, -0.2) is 24.0 Å². The van der Waals surface area contributed by atoms with Gasteiger partial charge in [0.05, 0.1) is 59.0 Å². The zero-order chi connectivity index (χ0) is 43.3. The van der Waals surface area contributed by atoms with Gasteiger partial charge < -0.3 is 28.4 Å². The molecule has 62 heavy (non-hydrogen) atoms. The van der Waals surface area contributed by atoms with E-state index in [2.05, 4.69) is 18.7 Å². The topological polar surface area (TPSA) is 118 Å². The minimum absolute atomic E-state index is 0.0249. The fraction of sp³-hybridized carbons (Fsp3) is 0.167. The second-order valence-electron chi connectivity index (χ2n) is 13.6. The van der Waals surface area contributed by atoms with Gasteiger partial charge in [-0.15, -0.1) is 0 Å². The van der Waals surface area contributed by atoms with Gasteiger partial charge >= 0.3 is 11.9 Å². The van der Waals surface area contributed by atoms with E-state index in [1.807, 2.05) is 66.7 Å². The first-order valence-corrected chi connectivity index (χ1v) is 20.7. The van der Waals surface area contributed by atoms with Gasteiger partial charge in [0.2, 0.25) is 5.13 Å². The van der Waals surface area contributed by atoms with Crippen LogP contribution in [0.3, 0.4) is 0 Å². The first-order chi connectivity index (χ1) is 30.3. The highest BCUT2D eigenvalue weighted by Gasteiger charge is 2.20. The average Bonchev–Trinajstić information content (AvgIpc) is 3.74. The number of benzene rings is 6. The Morgan fingerprint density at radius 1 is 0.839 bits per heavy atom. The molecule has 0 radical (unpaired) electrons. The molecule has 0 spiro atoms. The van der Waals surface area contributed by atoms with Crippen LogP contribution in [0, 0.1) is 5.82 Å². The van der Waals surface area contributed by atoms with Gasteiger partial charge in [-0.1, -0.05) is 108 Å². The maximum atomic E-state index is 15.5. The lowest BCUT2D eigenvalue weighted by Crippen LogP contribution is -2.22. The molecule has 1 aromatic heterocycles. The van der Waals surface area contributed by atoms with E-state index in [0.717, 1.165) is 33.0 Å². The molecule has 0 unspecified atom stereocenters. The first kappa shape index (κ1) is 43.4. The number of ether oxygens (including phenoxy) is 6. The van der Waals surface area contributed by atoms with Crippen molar-refractivity contribution in [2.45, 2.75) is 13.0 Å². The number of carbonyl (C=O) groups is 2. The summed E-state index contributed by atoms with van der Waals surface area (Å²) in [5.74, 6) is -1.40. The summed E-state index contributed by atoms with van der Waals surface area (Å²) in [6, 6.07) is 36.7. The van der Waals surface area contributed by atoms with Crippen LogP contribution in [0.4, 0.5) is 9.52 Å². The minimum Gasteiger partial charge on any atom is -0.490 e. The zero-order valence-corrected chi connectivity index (χ0v) is 35.2. The van der Waals surface area contributed by atoms with Crippen molar-refractivity contribution in [3.63, 3.8) is 0 Å². The molecule has 0 saturated heterocycles. The molecule has 7 aromatic rings. The molecule has 0 N–H and O–H groups in total. The van der Waals surface area contributed by atoms with Crippen LogP contribution in [0.25, 0.3) is 32.1 Å². The monoisotopic (exact) mass is 873 g/mol. The van der Waals surface area contributed by atoms with Crippen LogP contribution in [0.15, 0.2) is 139 Å². The number of para-hydroxylation sites is 1. The van der Waals surface area contributed by atoms with E-state index >= 15 is 4.39 Å². The van der Waals surface area contributed by atoms with Crippen LogP contribution in [0.2, 0.25) is 5.02 Å². The fourth-order valence-electron chi connectivity index (χ4n) is 6.13. The molecule has 6 aromatic carbocycles. The van der Waals surface area contributed by atoms with Gasteiger partial charge in [0.25, 0.3) is 0 Å². The van der Waals surface area contributed by atoms with E-state index in [9.17, 15) is 9.59 Å². The van der Waals surface area contributed by atoms with E-state index in [1.54, 1.807) is 30.3 Å². The molecule has 1 heterocycles. The van der Waals surface area contributed by atoms with Crippen molar-refractivity contribution in [2.24, 2.45) is 5.10 Å². The summed E-state index contributed by atoms with van der Waals surface area (Å²) in [4.78, 5) is 29.8. The van der Waals surface area contributed by atoms with E-state index in [4.69, 9.17) is 50.1 Å². The van der Waals surface area contributed by atoms with Crippen LogP contribution < -0.4 is 19.2 Å². The predicted molar refractivity (Wildman–Crippen MR) is 240 cm³/mol. The molecule has 0 amide bonds. The minimum atomic E-state index is -0.717. The lowest BCUT2D eigenvalue weighted by molar-refractivity contribution is -0.137. The summed E-state index contributed by atoms with van der Waals surface area (Å²) in [5, 5.41) is 7.72. The summed E-state index contributed by atoms with van der Waals surface area (Å²) >= 11 is 8.50. The largest absolute Gasteiger partial charge is 0.490 e. The molecule has 0 aliphatic carbocycles. The molecule has 11 nitrogen and oxygen atoms in total. The van der Waals surface area contributed by atoms with Crippen molar-refractivity contribution in [3.8, 4) is 28.4 Å². The highest BCUT2D eigenvalue weighted by molar-refractivity contribution is 7.22. The van der Waals surface area contributed by atoms with Crippen molar-refractivity contribution in [1.29, 1.82) is 0 Å². The molecular weight excluding hydrogens is 833 g/mol. The molecule has 0 atom stereocenters. The number of thiazole rings is 1. The smallest absolute Gasteiger partial charge is 0.343 e. The third kappa shape index (κ3) is 11.0. The maximum absolute atomic E-state index is 15.5. The van der Waals surface area contributed by atoms with Crippen molar-refractivity contribution >= 4 is 67.2 Å². The summed E-state index contributed by atoms with van der Waals surface area (Å²) in [6.45, 7) is 4.51. The van der Waals surface area contributed by atoms with Crippen molar-refractivity contribution in [2.75, 3.05) is 45.3 Å². The number of anilines is 1. The van der Waals surface area contributed by atoms with Crippen LogP contribution in [-0.4, -0.2) is 63.4 Å². The lowest BCUT2D eigenvalue weighted by Gasteiger charge is -2.17. The molecule has 0 saturated carbocycles. The second kappa shape index (κ2) is 21.2. The number of nitrogens with zero attached hydrogens (tertiary/aromatic N) is 3. The van der Waals surface area contributed by atoms with Crippen LogP contribution in [0.5, 0.6) is 17.2 Å². The zero-order valence-electron chi connectivity index (χ0n) is 33.6. The highest BCUT2D eigenvalue weighted by atomic mass is 35.5. The van der Waals surface area contributed by atoms with E-state index in [1.165, 1.54) is 41.8 Å². The molecular formula is C48H41ClFN3O8S. The Kier molecular flexibility index (Phi) is 14.9. The molecule has 0 fully saturated rings. The Hall–Kier alpha value is -6.64. The van der Waals surface area contributed by atoms with Gasteiger partial charge in [0.15, 0.2) is 11.6 Å². The standard InChI is InChI=1S/C48H41ClFN3O8S/c1-3-44(54)59-25-9-24-58-42-21-19-35-28-36(18-20-37(35)46(42)50)47(55)61-40-22-23-41(60-30-32-14-16-34(17-15-32)33-10-5-4-6-11-33)45(49)38(40)29-51-53(31-57-27-26-56-2)48-52-39-12-7-8-13-43(39)62-48/h3-8,10-23,28-29H,1,9,24-27,30-31H2,2H3/b51-29+. The van der Waals surface area contributed by atoms with Crippen molar-refractivity contribution < 1.29 is 42.4 Å². The van der Waals surface area contributed by atoms with E-state index in [0.29, 0.717) is 35.9 Å². The molecule has 0 bridgehead atoms. The molecule has 7 rings (SSSR count). The SMILES string of the molecule is C=CC(=O)OCCCOc1ccc2cc(C(=O)Oc3ccc(OCc4ccc(-c5ccccc5)cc4)c(Cl)c3/C=N/N(COCCOC)c3nc4ccccc4s3)ccc2c1F. The number of hydrogen-bond donors (Lipinski definition) is 0. The van der Waals surface area contributed by atoms with E-state index in [-0.39, 0.29) is 59.6 Å². The Labute approximate surface area is 366 Å². The Balaban J connectivity index is 1.14. The molecule has 0 aliphatic heterocycles. The Morgan fingerprint density at radius 3 is 2.39 bits per heavy atom. The van der Waals surface area contributed by atoms with Crippen molar-refractivity contribution in [1.82, 2.24) is 4.98 Å². The summed E-state index contributed by atoms with van der Waals surface area (Å²) in [7, 11) is 1.59. The third-order valence-corrected chi connectivity index (χ3v) is 10.8. The van der Waals surface area contributed by atoms with Crippen molar-refractivity contribution in [3.05, 3.63) is 162 Å². The lowest BCUT2D eigenvalue weighted by atomic mass is 10.0. The number of rotatable bonds is 20. The van der Waals surface area contributed by atoms with Crippen LogP contribution in [-0.2, 0) is 25.6 Å². The van der Waals surface area contributed by atoms with Crippen LogP contribution >= 0.6 is 22.9 Å². The van der Waals surface area contributed by atoms with Gasteiger partial charge in [0.1, 0.15) is 24.8 Å². The van der Waals surface area contributed by atoms with Crippen LogP contribution in [0.1, 0.15) is 27.9 Å². The van der Waals surface area contributed by atoms with Gasteiger partial charge in [-0.3, -0.25) is 0 Å². The maximum Gasteiger partial charge on any atom is 0.343 e. The number of methoxy groups -OCH3 is 1. The third-order valence-electron chi connectivity index (χ3n) is 9.35. The van der Waals surface area contributed by atoms with Gasteiger partial charge in [0, 0.05) is 25.0 Å². The summed E-state index contributed by atoms with van der Waals surface area (Å²) < 4.78 is 50.2.